The van der Waals surface area contributed by atoms with E-state index in [2.05, 4.69) is 12.1 Å². The van der Waals surface area contributed by atoms with Gasteiger partial charge in [0.25, 0.3) is 0 Å². The molecule has 1 aliphatic heterocycles. The molecule has 19 heavy (non-hydrogen) atoms. The van der Waals surface area contributed by atoms with Crippen LogP contribution in [0.25, 0.3) is 11.3 Å². The first kappa shape index (κ1) is 12.0. The minimum absolute atomic E-state index is 0.125. The summed E-state index contributed by atoms with van der Waals surface area (Å²) in [6.07, 6.45) is 5.02. The average Bonchev–Trinajstić information content (AvgIpc) is 3.05. The van der Waals surface area contributed by atoms with Gasteiger partial charge in [0.2, 0.25) is 6.41 Å². The lowest BCUT2D eigenvalue weighted by Crippen LogP contribution is -2.23. The fraction of sp³-hybridized carbons (Fsp3) is 0.333. The van der Waals surface area contributed by atoms with E-state index in [9.17, 15) is 4.79 Å². The number of aromatic nitrogens is 2. The van der Waals surface area contributed by atoms with Gasteiger partial charge in [0.15, 0.2) is 0 Å². The Bertz CT molecular complexity index is 576. The highest BCUT2D eigenvalue weighted by molar-refractivity contribution is 5.58. The smallest absolute Gasteiger partial charge is 0.210 e. The summed E-state index contributed by atoms with van der Waals surface area (Å²) in [5.74, 6) is 0.975. The van der Waals surface area contributed by atoms with Crippen molar-refractivity contribution >= 4 is 6.41 Å². The van der Waals surface area contributed by atoms with E-state index in [4.69, 9.17) is 4.98 Å². The Kier molecular flexibility index (Phi) is 3.07. The molecule has 4 nitrogen and oxygen atoms in total. The molecule has 3 rings (SSSR count). The van der Waals surface area contributed by atoms with Crippen LogP contribution in [0.1, 0.15) is 24.7 Å². The van der Waals surface area contributed by atoms with Gasteiger partial charge in [-0.25, -0.2) is 4.98 Å². The van der Waals surface area contributed by atoms with Gasteiger partial charge >= 0.3 is 0 Å². The second-order valence-corrected chi connectivity index (χ2v) is 4.96. The molecule has 0 spiro atoms. The third-order valence-corrected chi connectivity index (χ3v) is 3.71. The number of hydrogen-bond donors (Lipinski definition) is 0. The molecule has 1 aliphatic rings. The van der Waals surface area contributed by atoms with Crippen LogP contribution in [0.15, 0.2) is 36.5 Å². The van der Waals surface area contributed by atoms with Crippen LogP contribution < -0.4 is 0 Å². The molecule has 1 amide bonds. The molecule has 0 N–H and O–H groups in total. The van der Waals surface area contributed by atoms with Gasteiger partial charge in [-0.05, 0) is 12.8 Å². The Labute approximate surface area is 112 Å². The summed E-state index contributed by atoms with van der Waals surface area (Å²) < 4.78 is 2.04. The van der Waals surface area contributed by atoms with Crippen LogP contribution in [0.3, 0.4) is 0 Å². The zero-order valence-electron chi connectivity index (χ0n) is 11.0. The van der Waals surface area contributed by atoms with E-state index >= 15 is 0 Å². The van der Waals surface area contributed by atoms with Crippen LogP contribution in [-0.2, 0) is 11.8 Å². The average molecular weight is 255 g/mol. The maximum atomic E-state index is 11.1. The van der Waals surface area contributed by atoms with E-state index in [0.29, 0.717) is 0 Å². The lowest BCUT2D eigenvalue weighted by molar-refractivity contribution is -0.119. The Morgan fingerprint density at radius 1 is 1.32 bits per heavy atom. The topological polar surface area (TPSA) is 38.1 Å². The largest absolute Gasteiger partial charge is 0.336 e. The SMILES string of the molecule is Cn1cc(-c2ccccc2)nc1C1CCCN1C=O. The quantitative estimate of drug-likeness (QED) is 0.790. The van der Waals surface area contributed by atoms with Gasteiger partial charge < -0.3 is 9.47 Å². The molecule has 1 unspecified atom stereocenters. The number of carbonyl (C=O) groups is 1. The summed E-state index contributed by atoms with van der Waals surface area (Å²) in [7, 11) is 2.00. The van der Waals surface area contributed by atoms with Gasteiger partial charge in [-0.1, -0.05) is 30.3 Å². The molecule has 1 saturated heterocycles. The number of carbonyl (C=O) groups excluding carboxylic acids is 1. The van der Waals surface area contributed by atoms with Crippen molar-refractivity contribution in [2.24, 2.45) is 7.05 Å². The van der Waals surface area contributed by atoms with Crippen molar-refractivity contribution in [1.29, 1.82) is 0 Å². The second-order valence-electron chi connectivity index (χ2n) is 4.96. The molecular formula is C15H17N3O. The van der Waals surface area contributed by atoms with Crippen LogP contribution >= 0.6 is 0 Å². The van der Waals surface area contributed by atoms with Crippen molar-refractivity contribution in [2.45, 2.75) is 18.9 Å². The van der Waals surface area contributed by atoms with E-state index in [-0.39, 0.29) is 6.04 Å². The van der Waals surface area contributed by atoms with Crippen molar-refractivity contribution in [1.82, 2.24) is 14.5 Å². The molecule has 98 valence electrons. The van der Waals surface area contributed by atoms with Crippen molar-refractivity contribution in [3.63, 3.8) is 0 Å². The summed E-state index contributed by atoms with van der Waals surface area (Å²) in [4.78, 5) is 17.6. The molecular weight excluding hydrogens is 238 g/mol. The van der Waals surface area contributed by atoms with E-state index in [1.54, 1.807) is 0 Å². The third kappa shape index (κ3) is 2.14. The number of nitrogens with zero attached hydrogens (tertiary/aromatic N) is 3. The van der Waals surface area contributed by atoms with Gasteiger partial charge in [0.05, 0.1) is 11.7 Å². The third-order valence-electron chi connectivity index (χ3n) is 3.71. The van der Waals surface area contributed by atoms with Crippen LogP contribution in [0.4, 0.5) is 0 Å². The molecule has 0 saturated carbocycles. The maximum Gasteiger partial charge on any atom is 0.210 e. The highest BCUT2D eigenvalue weighted by Crippen LogP contribution is 2.31. The number of benzene rings is 1. The Morgan fingerprint density at radius 3 is 2.84 bits per heavy atom. The molecule has 4 heteroatoms. The predicted octanol–water partition coefficient (Wildman–Crippen LogP) is 2.38. The standard InChI is InChI=1S/C15H17N3O/c1-17-10-13(12-6-3-2-4-7-12)16-15(17)14-8-5-9-18(14)11-19/h2-4,6-7,10-11,14H,5,8-9H2,1H3. The lowest BCUT2D eigenvalue weighted by Gasteiger charge is -2.19. The summed E-state index contributed by atoms with van der Waals surface area (Å²) >= 11 is 0. The molecule has 1 aromatic heterocycles. The summed E-state index contributed by atoms with van der Waals surface area (Å²) in [6.45, 7) is 0.835. The fourth-order valence-corrected chi connectivity index (χ4v) is 2.73. The Hall–Kier alpha value is -2.10. The van der Waals surface area contributed by atoms with Crippen LogP contribution in [0.5, 0.6) is 0 Å². The monoisotopic (exact) mass is 255 g/mol. The summed E-state index contributed by atoms with van der Waals surface area (Å²) in [5, 5.41) is 0. The van der Waals surface area contributed by atoms with E-state index < -0.39 is 0 Å². The molecule has 2 aromatic rings. The number of imidazole rings is 1. The van der Waals surface area contributed by atoms with Crippen LogP contribution in [0, 0.1) is 0 Å². The highest BCUT2D eigenvalue weighted by atomic mass is 16.1. The van der Waals surface area contributed by atoms with Crippen molar-refractivity contribution in [3.8, 4) is 11.3 Å². The Morgan fingerprint density at radius 2 is 2.11 bits per heavy atom. The zero-order valence-corrected chi connectivity index (χ0v) is 11.0. The molecule has 1 fully saturated rings. The number of likely N-dealkylation sites (tertiary alicyclic amines) is 1. The maximum absolute atomic E-state index is 11.1. The zero-order chi connectivity index (χ0) is 13.2. The van der Waals surface area contributed by atoms with E-state index in [1.165, 1.54) is 0 Å². The summed E-state index contributed by atoms with van der Waals surface area (Å²) in [6, 6.07) is 10.3. The molecule has 1 aromatic carbocycles. The van der Waals surface area contributed by atoms with Gasteiger partial charge in [0, 0.05) is 25.4 Å². The first-order valence-corrected chi connectivity index (χ1v) is 6.59. The number of hydrogen-bond acceptors (Lipinski definition) is 2. The molecule has 0 aliphatic carbocycles. The van der Waals surface area contributed by atoms with Gasteiger partial charge in [-0.3, -0.25) is 4.79 Å². The van der Waals surface area contributed by atoms with Gasteiger partial charge in [-0.15, -0.1) is 0 Å². The predicted molar refractivity (Wildman–Crippen MR) is 73.4 cm³/mol. The number of amides is 1. The van der Waals surface area contributed by atoms with Gasteiger partial charge in [-0.2, -0.15) is 0 Å². The van der Waals surface area contributed by atoms with Crippen molar-refractivity contribution in [3.05, 3.63) is 42.4 Å². The molecule has 0 radical (unpaired) electrons. The number of aryl methyl sites for hydroxylation is 1. The second kappa shape index (κ2) is 4.88. The van der Waals surface area contributed by atoms with E-state index in [1.807, 2.05) is 40.9 Å². The Balaban J connectivity index is 1.96. The highest BCUT2D eigenvalue weighted by Gasteiger charge is 2.28. The van der Waals surface area contributed by atoms with E-state index in [0.717, 1.165) is 42.9 Å². The lowest BCUT2D eigenvalue weighted by atomic mass is 10.2. The first-order valence-electron chi connectivity index (χ1n) is 6.59. The van der Waals surface area contributed by atoms with Crippen LogP contribution in [0.2, 0.25) is 0 Å². The normalized spacial score (nSPS) is 18.8. The van der Waals surface area contributed by atoms with Crippen molar-refractivity contribution < 1.29 is 4.79 Å². The van der Waals surface area contributed by atoms with Gasteiger partial charge in [0.1, 0.15) is 5.82 Å². The van der Waals surface area contributed by atoms with Crippen molar-refractivity contribution in [2.75, 3.05) is 6.54 Å². The summed E-state index contributed by atoms with van der Waals surface area (Å²) in [5.41, 5.74) is 2.08. The minimum atomic E-state index is 0.125. The first-order chi connectivity index (χ1) is 9.29. The molecule has 1 atom stereocenters. The van der Waals surface area contributed by atoms with Crippen LogP contribution in [-0.4, -0.2) is 27.4 Å². The minimum Gasteiger partial charge on any atom is -0.336 e. The molecule has 2 heterocycles. The number of rotatable bonds is 3. The molecule has 0 bridgehead atoms. The fourth-order valence-electron chi connectivity index (χ4n) is 2.73.